The maximum Gasteiger partial charge on any atom is 0.418 e. The van der Waals surface area contributed by atoms with Gasteiger partial charge in [0.05, 0.1) is 28.4 Å². The normalized spacial score (nSPS) is 12.1. The topological polar surface area (TPSA) is 55.1 Å². The van der Waals surface area contributed by atoms with E-state index in [0.717, 1.165) is 17.4 Å². The second kappa shape index (κ2) is 5.51. The van der Waals surface area contributed by atoms with Crippen LogP contribution in [0.1, 0.15) is 46.4 Å². The van der Waals surface area contributed by atoms with Crippen molar-refractivity contribution in [1.29, 1.82) is 0 Å². The number of alkyl halides is 3. The van der Waals surface area contributed by atoms with Crippen molar-refractivity contribution in [2.75, 3.05) is 0 Å². The van der Waals surface area contributed by atoms with Crippen molar-refractivity contribution in [1.82, 2.24) is 9.55 Å². The van der Waals surface area contributed by atoms with E-state index < -0.39 is 23.3 Å². The summed E-state index contributed by atoms with van der Waals surface area (Å²) >= 11 is 1.44. The Morgan fingerprint density at radius 3 is 2.52 bits per heavy atom. The lowest BCUT2D eigenvalue weighted by Crippen LogP contribution is -2.09. The molecular formula is C13H13F3N2O2S. The first-order chi connectivity index (χ1) is 9.68. The Hall–Kier alpha value is -1.83. The summed E-state index contributed by atoms with van der Waals surface area (Å²) in [5.74, 6) is -1.35. The summed E-state index contributed by atoms with van der Waals surface area (Å²) in [6.45, 7) is 4.06. The summed E-state index contributed by atoms with van der Waals surface area (Å²) in [4.78, 5) is 15.2. The minimum Gasteiger partial charge on any atom is -0.478 e. The largest absolute Gasteiger partial charge is 0.478 e. The highest BCUT2D eigenvalue weighted by molar-refractivity contribution is 7.09. The molecule has 2 aromatic heterocycles. The van der Waals surface area contributed by atoms with Gasteiger partial charge in [0, 0.05) is 23.7 Å². The fourth-order valence-corrected chi connectivity index (χ4v) is 2.67. The number of halogens is 3. The number of carbonyl (C=O) groups is 1. The van der Waals surface area contributed by atoms with Gasteiger partial charge in [0.1, 0.15) is 0 Å². The number of aromatic nitrogens is 2. The van der Waals surface area contributed by atoms with Crippen LogP contribution in [-0.4, -0.2) is 20.6 Å². The lowest BCUT2D eigenvalue weighted by Gasteiger charge is -2.04. The van der Waals surface area contributed by atoms with Crippen molar-refractivity contribution in [3.05, 3.63) is 39.6 Å². The zero-order chi connectivity index (χ0) is 15.8. The number of nitrogens with zero attached hydrogens (tertiary/aromatic N) is 2. The van der Waals surface area contributed by atoms with Gasteiger partial charge in [0.2, 0.25) is 0 Å². The first kappa shape index (κ1) is 15.6. The number of hydrogen-bond acceptors (Lipinski definition) is 3. The van der Waals surface area contributed by atoms with E-state index in [9.17, 15) is 18.0 Å². The maximum absolute atomic E-state index is 12.8. The van der Waals surface area contributed by atoms with Crippen molar-refractivity contribution in [3.8, 4) is 0 Å². The molecule has 0 fully saturated rings. The molecule has 0 amide bonds. The third kappa shape index (κ3) is 3.44. The molecule has 2 aromatic rings. The number of rotatable bonds is 4. The van der Waals surface area contributed by atoms with Crippen LogP contribution in [0.25, 0.3) is 0 Å². The first-order valence-electron chi connectivity index (χ1n) is 6.13. The third-order valence-corrected chi connectivity index (χ3v) is 4.02. The van der Waals surface area contributed by atoms with Crippen LogP contribution in [0.2, 0.25) is 0 Å². The van der Waals surface area contributed by atoms with Gasteiger partial charge >= 0.3 is 12.1 Å². The molecule has 0 radical (unpaired) electrons. The summed E-state index contributed by atoms with van der Waals surface area (Å²) in [6.07, 6.45) is -2.90. The Bertz CT molecular complexity index is 659. The van der Waals surface area contributed by atoms with E-state index >= 15 is 0 Å². The van der Waals surface area contributed by atoms with Gasteiger partial charge in [-0.15, -0.1) is 11.3 Å². The molecule has 2 heterocycles. The molecule has 8 heteroatoms. The Morgan fingerprint density at radius 2 is 2.10 bits per heavy atom. The number of hydrogen-bond donors (Lipinski definition) is 1. The van der Waals surface area contributed by atoms with Gasteiger partial charge in [-0.25, -0.2) is 9.78 Å². The Morgan fingerprint density at radius 1 is 1.43 bits per heavy atom. The molecule has 0 aliphatic rings. The van der Waals surface area contributed by atoms with E-state index in [2.05, 4.69) is 4.98 Å². The molecule has 0 aromatic carbocycles. The molecule has 0 spiro atoms. The van der Waals surface area contributed by atoms with Crippen molar-refractivity contribution < 1.29 is 23.1 Å². The van der Waals surface area contributed by atoms with Gasteiger partial charge in [0.15, 0.2) is 0 Å². The summed E-state index contributed by atoms with van der Waals surface area (Å²) in [7, 11) is 0. The number of aromatic carboxylic acids is 1. The summed E-state index contributed by atoms with van der Waals surface area (Å²) < 4.78 is 39.5. The molecule has 0 aliphatic heterocycles. The lowest BCUT2D eigenvalue weighted by atomic mass is 10.2. The fourth-order valence-electron chi connectivity index (χ4n) is 1.84. The van der Waals surface area contributed by atoms with Gasteiger partial charge in [-0.2, -0.15) is 13.2 Å². The van der Waals surface area contributed by atoms with Crippen LogP contribution in [0, 0.1) is 0 Å². The second-order valence-corrected chi connectivity index (χ2v) is 5.78. The van der Waals surface area contributed by atoms with E-state index in [0.29, 0.717) is 5.69 Å². The molecule has 0 saturated heterocycles. The first-order valence-corrected chi connectivity index (χ1v) is 7.01. The van der Waals surface area contributed by atoms with Crippen LogP contribution in [0.15, 0.2) is 17.8 Å². The molecule has 0 aliphatic carbocycles. The van der Waals surface area contributed by atoms with Crippen LogP contribution < -0.4 is 0 Å². The molecule has 4 nitrogen and oxygen atoms in total. The van der Waals surface area contributed by atoms with Crippen molar-refractivity contribution in [2.45, 2.75) is 32.5 Å². The summed E-state index contributed by atoms with van der Waals surface area (Å²) in [6, 6.07) is 0. The van der Waals surface area contributed by atoms with Crippen molar-refractivity contribution in [2.24, 2.45) is 0 Å². The zero-order valence-electron chi connectivity index (χ0n) is 11.3. The van der Waals surface area contributed by atoms with Gasteiger partial charge in [-0.3, -0.25) is 0 Å². The highest BCUT2D eigenvalue weighted by Gasteiger charge is 2.37. The Labute approximate surface area is 122 Å². The van der Waals surface area contributed by atoms with Gasteiger partial charge in [0.25, 0.3) is 0 Å². The fraction of sp³-hybridized carbons (Fsp3) is 0.385. The van der Waals surface area contributed by atoms with Gasteiger partial charge in [-0.1, -0.05) is 13.8 Å². The van der Waals surface area contributed by atoms with E-state index in [-0.39, 0.29) is 12.5 Å². The Kier molecular flexibility index (Phi) is 4.08. The highest BCUT2D eigenvalue weighted by Crippen LogP contribution is 2.33. The molecule has 0 saturated carbocycles. The van der Waals surface area contributed by atoms with Crippen LogP contribution in [-0.2, 0) is 12.7 Å². The van der Waals surface area contributed by atoms with Crippen LogP contribution in [0.4, 0.5) is 13.2 Å². The van der Waals surface area contributed by atoms with E-state index in [1.165, 1.54) is 15.9 Å². The predicted molar refractivity (Wildman–Crippen MR) is 71.7 cm³/mol. The number of thiazole rings is 1. The van der Waals surface area contributed by atoms with Crippen LogP contribution >= 0.6 is 11.3 Å². The van der Waals surface area contributed by atoms with Crippen molar-refractivity contribution >= 4 is 17.3 Å². The van der Waals surface area contributed by atoms with E-state index in [1.807, 2.05) is 13.8 Å². The smallest absolute Gasteiger partial charge is 0.418 e. The molecule has 0 bridgehead atoms. The summed E-state index contributed by atoms with van der Waals surface area (Å²) in [5.41, 5.74) is -1.28. The Balaban J connectivity index is 2.30. The molecule has 21 heavy (non-hydrogen) atoms. The second-order valence-electron chi connectivity index (χ2n) is 4.89. The maximum atomic E-state index is 12.8. The number of carboxylic acid groups (broad SMARTS) is 1. The summed E-state index contributed by atoms with van der Waals surface area (Å²) in [5, 5.41) is 11.5. The van der Waals surface area contributed by atoms with E-state index in [1.54, 1.807) is 5.38 Å². The third-order valence-electron chi connectivity index (χ3n) is 2.82. The number of carboxylic acids is 1. The zero-order valence-corrected chi connectivity index (χ0v) is 12.1. The van der Waals surface area contributed by atoms with Crippen LogP contribution in [0.3, 0.4) is 0 Å². The van der Waals surface area contributed by atoms with Gasteiger partial charge in [-0.05, 0) is 0 Å². The molecule has 0 atom stereocenters. The van der Waals surface area contributed by atoms with Crippen molar-refractivity contribution in [3.63, 3.8) is 0 Å². The van der Waals surface area contributed by atoms with Crippen LogP contribution in [0.5, 0.6) is 0 Å². The molecular weight excluding hydrogens is 305 g/mol. The van der Waals surface area contributed by atoms with E-state index in [4.69, 9.17) is 5.11 Å². The quantitative estimate of drug-likeness (QED) is 0.932. The predicted octanol–water partition coefficient (Wildman–Crippen LogP) is 3.83. The average molecular weight is 318 g/mol. The van der Waals surface area contributed by atoms with Gasteiger partial charge < -0.3 is 9.67 Å². The standard InChI is InChI=1S/C13H13F3N2O2S/c1-7(2)11-17-8(6-21-11)3-18-4-9(12(19)20)10(5-18)13(14,15)16/h4-7H,3H2,1-2H3,(H,19,20). The minimum atomic E-state index is -4.69. The molecule has 1 N–H and O–H groups in total. The average Bonchev–Trinajstić information content (AvgIpc) is 2.95. The molecule has 2 rings (SSSR count). The monoisotopic (exact) mass is 318 g/mol. The molecule has 114 valence electrons. The highest BCUT2D eigenvalue weighted by atomic mass is 32.1. The molecule has 0 unspecified atom stereocenters. The minimum absolute atomic E-state index is 0.111. The lowest BCUT2D eigenvalue weighted by molar-refractivity contribution is -0.138. The SMILES string of the molecule is CC(C)c1nc(Cn2cc(C(=O)O)c(C(F)(F)F)c2)cs1.